The van der Waals surface area contributed by atoms with Gasteiger partial charge in [0.2, 0.25) is 0 Å². The van der Waals surface area contributed by atoms with Gasteiger partial charge in [-0.2, -0.15) is 0 Å². The monoisotopic (exact) mass is 320 g/mol. The number of ether oxygens (including phenoxy) is 1. The summed E-state index contributed by atoms with van der Waals surface area (Å²) < 4.78 is 5.20. The first kappa shape index (κ1) is 15.6. The van der Waals surface area contributed by atoms with Crippen molar-refractivity contribution in [1.29, 1.82) is 0 Å². The van der Waals surface area contributed by atoms with E-state index >= 15 is 0 Å². The number of halogens is 2. The van der Waals surface area contributed by atoms with E-state index in [0.29, 0.717) is 10.0 Å². The predicted molar refractivity (Wildman–Crippen MR) is 85.9 cm³/mol. The molecule has 0 heterocycles. The van der Waals surface area contributed by atoms with Crippen LogP contribution in [0.4, 0.5) is 0 Å². The molecule has 0 N–H and O–H groups in total. The van der Waals surface area contributed by atoms with Crippen molar-refractivity contribution in [2.45, 2.75) is 5.92 Å². The third-order valence-corrected chi connectivity index (χ3v) is 3.49. The van der Waals surface area contributed by atoms with Crippen molar-refractivity contribution in [3.05, 3.63) is 82.4 Å². The smallest absolute Gasteiger partial charge is 0.318 e. The molecule has 0 aliphatic rings. The normalized spacial score (nSPS) is 10.4. The minimum absolute atomic E-state index is 0.177. The fraction of sp³-hybridized carbons (Fsp3) is 0.118. The zero-order valence-corrected chi connectivity index (χ0v) is 12.8. The fourth-order valence-corrected chi connectivity index (χ4v) is 2.25. The standard InChI is InChI=1S/C17H14Cl2O2/c1-2-11-21-17(20)16(12-3-7-14(18)8-4-12)13-5-9-15(19)10-6-13/h2-10,16H,1,11H2. The molecular formula is C17H14Cl2O2. The maximum Gasteiger partial charge on any atom is 0.318 e. The average Bonchev–Trinajstić information content (AvgIpc) is 2.49. The lowest BCUT2D eigenvalue weighted by molar-refractivity contribution is -0.143. The Hall–Kier alpha value is -1.77. The summed E-state index contributed by atoms with van der Waals surface area (Å²) in [6, 6.07) is 14.3. The Morgan fingerprint density at radius 3 is 1.81 bits per heavy atom. The van der Waals surface area contributed by atoms with Gasteiger partial charge >= 0.3 is 5.97 Å². The molecule has 108 valence electrons. The molecule has 0 saturated heterocycles. The van der Waals surface area contributed by atoms with E-state index in [1.165, 1.54) is 0 Å². The van der Waals surface area contributed by atoms with Crippen molar-refractivity contribution < 1.29 is 9.53 Å². The lowest BCUT2D eigenvalue weighted by Crippen LogP contribution is -2.17. The molecule has 0 amide bonds. The first-order valence-electron chi connectivity index (χ1n) is 6.40. The fourth-order valence-electron chi connectivity index (χ4n) is 2.00. The second kappa shape index (κ2) is 7.30. The van der Waals surface area contributed by atoms with E-state index in [9.17, 15) is 4.79 Å². The minimum atomic E-state index is -0.514. The van der Waals surface area contributed by atoms with E-state index in [1.807, 2.05) is 24.3 Å². The van der Waals surface area contributed by atoms with Gasteiger partial charge in [0.15, 0.2) is 0 Å². The number of benzene rings is 2. The lowest BCUT2D eigenvalue weighted by atomic mass is 9.91. The first-order valence-corrected chi connectivity index (χ1v) is 7.16. The van der Waals surface area contributed by atoms with Gasteiger partial charge in [-0.25, -0.2) is 0 Å². The van der Waals surface area contributed by atoms with Crippen molar-refractivity contribution in [2.75, 3.05) is 6.61 Å². The first-order chi connectivity index (χ1) is 10.1. The van der Waals surface area contributed by atoms with Crippen LogP contribution >= 0.6 is 23.2 Å². The van der Waals surface area contributed by atoms with E-state index < -0.39 is 5.92 Å². The van der Waals surface area contributed by atoms with Crippen LogP contribution in [0.1, 0.15) is 17.0 Å². The van der Waals surface area contributed by atoms with E-state index in [-0.39, 0.29) is 12.6 Å². The van der Waals surface area contributed by atoms with Crippen LogP contribution in [0.2, 0.25) is 10.0 Å². The molecule has 0 atom stereocenters. The van der Waals surface area contributed by atoms with Crippen LogP contribution < -0.4 is 0 Å². The molecule has 2 aromatic carbocycles. The van der Waals surface area contributed by atoms with Crippen molar-refractivity contribution >= 4 is 29.2 Å². The highest BCUT2D eigenvalue weighted by molar-refractivity contribution is 6.30. The molecule has 0 bridgehead atoms. The van der Waals surface area contributed by atoms with Crippen LogP contribution in [0.3, 0.4) is 0 Å². The van der Waals surface area contributed by atoms with Gasteiger partial charge in [0, 0.05) is 10.0 Å². The lowest BCUT2D eigenvalue weighted by Gasteiger charge is -2.16. The number of carbonyl (C=O) groups excluding carboxylic acids is 1. The number of hydrogen-bond acceptors (Lipinski definition) is 2. The summed E-state index contributed by atoms with van der Waals surface area (Å²) in [7, 11) is 0. The molecule has 4 heteroatoms. The number of rotatable bonds is 5. The van der Waals surface area contributed by atoms with Gasteiger partial charge in [-0.1, -0.05) is 60.1 Å². The predicted octanol–water partition coefficient (Wildman–Crippen LogP) is 4.85. The van der Waals surface area contributed by atoms with Crippen molar-refractivity contribution in [3.63, 3.8) is 0 Å². The second-order valence-electron chi connectivity index (χ2n) is 4.45. The minimum Gasteiger partial charge on any atom is -0.461 e. The maximum atomic E-state index is 12.3. The number of esters is 1. The van der Waals surface area contributed by atoms with Gasteiger partial charge in [0.05, 0.1) is 0 Å². The SMILES string of the molecule is C=CCOC(=O)C(c1ccc(Cl)cc1)c1ccc(Cl)cc1. The van der Waals surface area contributed by atoms with Crippen LogP contribution in [0.15, 0.2) is 61.2 Å². The molecule has 0 saturated carbocycles. The Morgan fingerprint density at radius 2 is 1.43 bits per heavy atom. The molecule has 0 fully saturated rings. The molecule has 0 aliphatic carbocycles. The second-order valence-corrected chi connectivity index (χ2v) is 5.33. The Labute approximate surface area is 134 Å². The Bertz CT molecular complexity index is 573. The summed E-state index contributed by atoms with van der Waals surface area (Å²) in [4.78, 5) is 12.3. The average molecular weight is 321 g/mol. The number of carbonyl (C=O) groups is 1. The molecule has 2 nitrogen and oxygen atoms in total. The van der Waals surface area contributed by atoms with E-state index in [4.69, 9.17) is 27.9 Å². The van der Waals surface area contributed by atoms with Gasteiger partial charge in [-0.05, 0) is 35.4 Å². The Morgan fingerprint density at radius 1 is 1.00 bits per heavy atom. The molecule has 2 rings (SSSR count). The summed E-state index contributed by atoms with van der Waals surface area (Å²) in [5.74, 6) is -0.848. The quantitative estimate of drug-likeness (QED) is 0.581. The van der Waals surface area contributed by atoms with Crippen LogP contribution in [-0.4, -0.2) is 12.6 Å². The van der Waals surface area contributed by atoms with Crippen LogP contribution in [0.5, 0.6) is 0 Å². The van der Waals surface area contributed by atoms with Gasteiger partial charge < -0.3 is 4.74 Å². The molecule has 0 spiro atoms. The topological polar surface area (TPSA) is 26.3 Å². The summed E-state index contributed by atoms with van der Waals surface area (Å²) in [5.41, 5.74) is 1.63. The Kier molecular flexibility index (Phi) is 5.43. The third-order valence-electron chi connectivity index (χ3n) is 2.99. The highest BCUT2D eigenvalue weighted by Crippen LogP contribution is 2.28. The molecule has 0 radical (unpaired) electrons. The largest absolute Gasteiger partial charge is 0.461 e. The summed E-state index contributed by atoms with van der Waals surface area (Å²) in [6.45, 7) is 3.73. The molecule has 0 aromatic heterocycles. The van der Waals surface area contributed by atoms with Crippen LogP contribution in [0.25, 0.3) is 0 Å². The third kappa shape index (κ3) is 4.10. The summed E-state index contributed by atoms with van der Waals surface area (Å²) in [5, 5.41) is 1.24. The number of hydrogen-bond donors (Lipinski definition) is 0. The van der Waals surface area contributed by atoms with E-state index in [0.717, 1.165) is 11.1 Å². The zero-order chi connectivity index (χ0) is 15.2. The van der Waals surface area contributed by atoms with Crippen molar-refractivity contribution in [2.24, 2.45) is 0 Å². The molecule has 0 aliphatic heterocycles. The molecule has 0 unspecified atom stereocenters. The molecule has 21 heavy (non-hydrogen) atoms. The highest BCUT2D eigenvalue weighted by Gasteiger charge is 2.24. The van der Waals surface area contributed by atoms with Crippen molar-refractivity contribution in [1.82, 2.24) is 0 Å². The molecular weight excluding hydrogens is 307 g/mol. The van der Waals surface area contributed by atoms with E-state index in [1.54, 1.807) is 30.3 Å². The van der Waals surface area contributed by atoms with Crippen LogP contribution in [-0.2, 0) is 9.53 Å². The highest BCUT2D eigenvalue weighted by atomic mass is 35.5. The van der Waals surface area contributed by atoms with Crippen molar-refractivity contribution in [3.8, 4) is 0 Å². The maximum absolute atomic E-state index is 12.3. The van der Waals surface area contributed by atoms with Gasteiger partial charge in [0.25, 0.3) is 0 Å². The van der Waals surface area contributed by atoms with Gasteiger partial charge in [-0.15, -0.1) is 0 Å². The van der Waals surface area contributed by atoms with E-state index in [2.05, 4.69) is 6.58 Å². The summed E-state index contributed by atoms with van der Waals surface area (Å²) >= 11 is 11.8. The van der Waals surface area contributed by atoms with Gasteiger partial charge in [-0.3, -0.25) is 4.79 Å². The zero-order valence-electron chi connectivity index (χ0n) is 11.3. The summed E-state index contributed by atoms with van der Waals surface area (Å²) in [6.07, 6.45) is 1.54. The van der Waals surface area contributed by atoms with Gasteiger partial charge in [0.1, 0.15) is 12.5 Å². The van der Waals surface area contributed by atoms with Crippen LogP contribution in [0, 0.1) is 0 Å². The Balaban J connectivity index is 2.38. The molecule has 2 aromatic rings.